The fourth-order valence-corrected chi connectivity index (χ4v) is 2.73. The van der Waals surface area contributed by atoms with Crippen LogP contribution in [0, 0.1) is 0 Å². The van der Waals surface area contributed by atoms with Gasteiger partial charge in [-0.25, -0.2) is 0 Å². The summed E-state index contributed by atoms with van der Waals surface area (Å²) >= 11 is 5.17. The van der Waals surface area contributed by atoms with Crippen molar-refractivity contribution < 1.29 is 0 Å². The van der Waals surface area contributed by atoms with E-state index in [0.29, 0.717) is 6.54 Å². The van der Waals surface area contributed by atoms with E-state index >= 15 is 0 Å². The van der Waals surface area contributed by atoms with Gasteiger partial charge in [-0.2, -0.15) is 0 Å². The zero-order valence-electron chi connectivity index (χ0n) is 6.60. The Kier molecular flexibility index (Phi) is 2.92. The molecular weight excluding hydrogens is 224 g/mol. The summed E-state index contributed by atoms with van der Waals surface area (Å²) in [5, 5.41) is 0. The van der Waals surface area contributed by atoms with Crippen LogP contribution in [0.1, 0.15) is 4.88 Å². The fourth-order valence-electron chi connectivity index (χ4n) is 0.812. The third kappa shape index (κ3) is 1.95. The molecule has 2 nitrogen and oxygen atoms in total. The van der Waals surface area contributed by atoms with Gasteiger partial charge in [0.05, 0.1) is 9.47 Å². The van der Waals surface area contributed by atoms with Gasteiger partial charge >= 0.3 is 0 Å². The number of hydrogen-bond acceptors (Lipinski definition) is 3. The molecule has 62 valence electrons. The van der Waals surface area contributed by atoms with Crippen LogP contribution in [-0.2, 0) is 6.54 Å². The lowest BCUT2D eigenvalue weighted by Crippen LogP contribution is -2.07. The molecule has 0 fully saturated rings. The maximum atomic E-state index is 5.50. The maximum Gasteiger partial charge on any atom is 0.0934 e. The monoisotopic (exact) mass is 234 g/mol. The molecule has 1 rings (SSSR count). The average Bonchev–Trinajstić information content (AvgIpc) is 2.30. The van der Waals surface area contributed by atoms with Crippen LogP contribution in [0.5, 0.6) is 0 Å². The van der Waals surface area contributed by atoms with Crippen molar-refractivity contribution in [3.63, 3.8) is 0 Å². The van der Waals surface area contributed by atoms with Gasteiger partial charge in [-0.3, -0.25) is 0 Å². The smallest absolute Gasteiger partial charge is 0.0934 e. The zero-order valence-corrected chi connectivity index (χ0v) is 9.00. The Hall–Kier alpha value is -0.0600. The normalized spacial score (nSPS) is 10.2. The number of rotatable bonds is 2. The molecule has 0 aliphatic rings. The van der Waals surface area contributed by atoms with Crippen molar-refractivity contribution in [1.29, 1.82) is 0 Å². The van der Waals surface area contributed by atoms with Crippen LogP contribution in [0.25, 0.3) is 0 Å². The third-order valence-electron chi connectivity index (χ3n) is 1.40. The average molecular weight is 235 g/mol. The minimum atomic E-state index is 0.622. The number of nitrogens with two attached hydrogens (primary N) is 1. The molecule has 0 amide bonds. The largest absolute Gasteiger partial charge is 0.376 e. The lowest BCUT2D eigenvalue weighted by atomic mass is 10.4. The van der Waals surface area contributed by atoms with Crippen molar-refractivity contribution >= 4 is 33.0 Å². The molecule has 4 heteroatoms. The molecule has 0 saturated heterocycles. The molecule has 0 aromatic carbocycles. The Morgan fingerprint density at radius 2 is 2.27 bits per heavy atom. The van der Waals surface area contributed by atoms with Crippen LogP contribution in [-0.4, -0.2) is 14.1 Å². The van der Waals surface area contributed by atoms with Gasteiger partial charge in [0.2, 0.25) is 0 Å². The van der Waals surface area contributed by atoms with Crippen LogP contribution in [0.4, 0.5) is 5.69 Å². The van der Waals surface area contributed by atoms with Gasteiger partial charge in [0.1, 0.15) is 0 Å². The van der Waals surface area contributed by atoms with Gasteiger partial charge in [-0.1, -0.05) is 0 Å². The number of anilines is 1. The van der Waals surface area contributed by atoms with E-state index < -0.39 is 0 Å². The number of thiophene rings is 1. The van der Waals surface area contributed by atoms with E-state index in [2.05, 4.69) is 26.9 Å². The van der Waals surface area contributed by atoms with Crippen molar-refractivity contribution in [3.05, 3.63) is 14.7 Å². The molecule has 11 heavy (non-hydrogen) atoms. The van der Waals surface area contributed by atoms with E-state index in [-0.39, 0.29) is 0 Å². The Morgan fingerprint density at radius 3 is 2.55 bits per heavy atom. The first-order valence-corrected chi connectivity index (χ1v) is 4.91. The van der Waals surface area contributed by atoms with E-state index in [9.17, 15) is 0 Å². The molecule has 0 radical (unpaired) electrons. The molecule has 0 bridgehead atoms. The molecule has 0 unspecified atom stereocenters. The first-order chi connectivity index (χ1) is 5.15. The van der Waals surface area contributed by atoms with Crippen LogP contribution in [0.3, 0.4) is 0 Å². The summed E-state index contributed by atoms with van der Waals surface area (Å²) in [5.74, 6) is 0. The van der Waals surface area contributed by atoms with Crippen molar-refractivity contribution in [1.82, 2.24) is 0 Å². The van der Waals surface area contributed by atoms with E-state index in [0.717, 1.165) is 3.79 Å². The van der Waals surface area contributed by atoms with Crippen LogP contribution < -0.4 is 10.6 Å². The van der Waals surface area contributed by atoms with Gasteiger partial charge in [0, 0.05) is 25.5 Å². The van der Waals surface area contributed by atoms with Gasteiger partial charge in [0.25, 0.3) is 0 Å². The molecule has 0 aliphatic heterocycles. The third-order valence-corrected chi connectivity index (χ3v) is 3.23. The minimum absolute atomic E-state index is 0.622. The lowest BCUT2D eigenvalue weighted by molar-refractivity contribution is 1.09. The van der Waals surface area contributed by atoms with Crippen molar-refractivity contribution in [3.8, 4) is 0 Å². The molecule has 0 spiro atoms. The van der Waals surface area contributed by atoms with Crippen molar-refractivity contribution in [2.24, 2.45) is 5.73 Å². The first kappa shape index (κ1) is 9.03. The Labute approximate surface area is 79.1 Å². The van der Waals surface area contributed by atoms with E-state index in [1.807, 2.05) is 14.1 Å². The highest BCUT2D eigenvalue weighted by Gasteiger charge is 2.06. The second kappa shape index (κ2) is 3.56. The maximum absolute atomic E-state index is 5.50. The molecule has 0 aliphatic carbocycles. The molecule has 1 aromatic heterocycles. The predicted octanol–water partition coefficient (Wildman–Crippen LogP) is 2.04. The quantitative estimate of drug-likeness (QED) is 0.849. The molecule has 2 N–H and O–H groups in total. The fraction of sp³-hybridized carbons (Fsp3) is 0.429. The minimum Gasteiger partial charge on any atom is -0.376 e. The Morgan fingerprint density at radius 1 is 1.64 bits per heavy atom. The summed E-state index contributed by atoms with van der Waals surface area (Å²) < 4.78 is 1.16. The highest BCUT2D eigenvalue weighted by Crippen LogP contribution is 2.33. The summed E-state index contributed by atoms with van der Waals surface area (Å²) in [6, 6.07) is 2.11. The summed E-state index contributed by atoms with van der Waals surface area (Å²) in [4.78, 5) is 3.28. The molecule has 1 heterocycles. The number of hydrogen-bond donors (Lipinski definition) is 1. The Balaban J connectivity index is 2.97. The highest BCUT2D eigenvalue weighted by molar-refractivity contribution is 9.11. The second-order valence-electron chi connectivity index (χ2n) is 2.47. The molecule has 0 saturated carbocycles. The SMILES string of the molecule is CN(C)c1cc(CN)sc1Br. The summed E-state index contributed by atoms with van der Waals surface area (Å²) in [6.45, 7) is 0.622. The highest BCUT2D eigenvalue weighted by atomic mass is 79.9. The molecular formula is C7H11BrN2S. The van der Waals surface area contributed by atoms with E-state index in [1.165, 1.54) is 10.6 Å². The standard InChI is InChI=1S/C7H11BrN2S/c1-10(2)6-3-5(4-9)11-7(6)8/h3H,4,9H2,1-2H3. The summed E-state index contributed by atoms with van der Waals surface area (Å²) in [7, 11) is 4.04. The van der Waals surface area contributed by atoms with Crippen LogP contribution in [0.15, 0.2) is 9.85 Å². The zero-order chi connectivity index (χ0) is 8.43. The van der Waals surface area contributed by atoms with Gasteiger partial charge < -0.3 is 10.6 Å². The lowest BCUT2D eigenvalue weighted by Gasteiger charge is -2.09. The van der Waals surface area contributed by atoms with Crippen molar-refractivity contribution in [2.45, 2.75) is 6.54 Å². The van der Waals surface area contributed by atoms with Crippen LogP contribution in [0.2, 0.25) is 0 Å². The van der Waals surface area contributed by atoms with Gasteiger partial charge in [0.15, 0.2) is 0 Å². The van der Waals surface area contributed by atoms with E-state index in [1.54, 1.807) is 11.3 Å². The Bertz CT molecular complexity index is 245. The summed E-state index contributed by atoms with van der Waals surface area (Å²) in [5.41, 5.74) is 6.71. The molecule has 1 aromatic rings. The first-order valence-electron chi connectivity index (χ1n) is 3.30. The topological polar surface area (TPSA) is 29.3 Å². The molecule has 0 atom stereocenters. The van der Waals surface area contributed by atoms with Crippen LogP contribution >= 0.6 is 27.3 Å². The van der Waals surface area contributed by atoms with Gasteiger partial charge in [-0.15, -0.1) is 11.3 Å². The second-order valence-corrected chi connectivity index (χ2v) is 4.92. The summed E-state index contributed by atoms with van der Waals surface area (Å²) in [6.07, 6.45) is 0. The van der Waals surface area contributed by atoms with Gasteiger partial charge in [-0.05, 0) is 22.0 Å². The predicted molar refractivity (Wildman–Crippen MR) is 54.2 cm³/mol. The van der Waals surface area contributed by atoms with E-state index in [4.69, 9.17) is 5.73 Å². The van der Waals surface area contributed by atoms with Crippen molar-refractivity contribution in [2.75, 3.05) is 19.0 Å². The number of nitrogens with zero attached hydrogens (tertiary/aromatic N) is 1. The number of halogens is 1.